The Kier molecular flexibility index (Phi) is 5.24. The van der Waals surface area contributed by atoms with E-state index in [9.17, 15) is 10.4 Å². The lowest BCUT2D eigenvalue weighted by Gasteiger charge is -2.15. The number of aliphatic hydroxyl groups excluding tert-OH is 1. The molecular formula is C24H21N9O. The van der Waals surface area contributed by atoms with Crippen LogP contribution in [0.25, 0.3) is 22.5 Å². The van der Waals surface area contributed by atoms with E-state index in [2.05, 4.69) is 36.8 Å². The standard InChI is InChI=1S/C24H21N9O/c1-14-4-7-23(30-29-14)28-19-11-26-24-21(12-27-32(24)13-19)17-5-6-20(16(3)34)22(9-17)33-15(2)8-18(10-25)31-33/h4-9,11-13,16,34H,1-3H3,(H,28,30). The van der Waals surface area contributed by atoms with Crippen LogP contribution in [0.15, 0.2) is 55.0 Å². The van der Waals surface area contributed by atoms with E-state index < -0.39 is 6.10 Å². The minimum Gasteiger partial charge on any atom is -0.389 e. The minimum absolute atomic E-state index is 0.315. The van der Waals surface area contributed by atoms with Crippen LogP contribution in [0.4, 0.5) is 11.5 Å². The first-order valence-electron chi connectivity index (χ1n) is 10.6. The van der Waals surface area contributed by atoms with Gasteiger partial charge in [0.1, 0.15) is 6.07 Å². The van der Waals surface area contributed by atoms with E-state index in [4.69, 9.17) is 0 Å². The molecule has 0 aliphatic heterocycles. The number of fused-ring (bicyclic) bond motifs is 1. The molecule has 0 fully saturated rings. The third-order valence-corrected chi connectivity index (χ3v) is 5.45. The average molecular weight is 451 g/mol. The topological polar surface area (TPSA) is 130 Å². The van der Waals surface area contributed by atoms with Crippen molar-refractivity contribution < 1.29 is 5.11 Å². The molecular weight excluding hydrogens is 430 g/mol. The smallest absolute Gasteiger partial charge is 0.163 e. The Morgan fingerprint density at radius 2 is 1.94 bits per heavy atom. The molecule has 0 amide bonds. The quantitative estimate of drug-likeness (QED) is 0.414. The summed E-state index contributed by atoms with van der Waals surface area (Å²) >= 11 is 0. The highest BCUT2D eigenvalue weighted by atomic mass is 16.3. The molecule has 4 heterocycles. The van der Waals surface area contributed by atoms with Crippen molar-refractivity contribution in [1.29, 1.82) is 5.26 Å². The third-order valence-electron chi connectivity index (χ3n) is 5.45. The van der Waals surface area contributed by atoms with Crippen LogP contribution in [0.5, 0.6) is 0 Å². The molecule has 0 saturated carbocycles. The van der Waals surface area contributed by atoms with E-state index in [-0.39, 0.29) is 0 Å². The number of aliphatic hydroxyl groups is 1. The summed E-state index contributed by atoms with van der Waals surface area (Å²) in [6.45, 7) is 5.45. The van der Waals surface area contributed by atoms with Crippen molar-refractivity contribution in [3.8, 4) is 22.9 Å². The van der Waals surface area contributed by atoms with Crippen molar-refractivity contribution in [3.05, 3.63) is 77.6 Å². The summed E-state index contributed by atoms with van der Waals surface area (Å²) in [5.41, 5.74) is 6.43. The van der Waals surface area contributed by atoms with Crippen molar-refractivity contribution in [3.63, 3.8) is 0 Å². The van der Waals surface area contributed by atoms with Crippen LogP contribution in [-0.4, -0.2) is 39.7 Å². The van der Waals surface area contributed by atoms with Crippen LogP contribution >= 0.6 is 0 Å². The highest BCUT2D eigenvalue weighted by molar-refractivity contribution is 5.79. The number of hydrogen-bond donors (Lipinski definition) is 2. The van der Waals surface area contributed by atoms with E-state index in [1.807, 2.05) is 50.4 Å². The van der Waals surface area contributed by atoms with Crippen LogP contribution in [0, 0.1) is 25.2 Å². The lowest BCUT2D eigenvalue weighted by Crippen LogP contribution is -2.06. The van der Waals surface area contributed by atoms with Crippen LogP contribution in [-0.2, 0) is 0 Å². The van der Waals surface area contributed by atoms with Gasteiger partial charge in [-0.25, -0.2) is 14.2 Å². The van der Waals surface area contributed by atoms with Gasteiger partial charge in [0.15, 0.2) is 17.2 Å². The highest BCUT2D eigenvalue weighted by Gasteiger charge is 2.17. The molecule has 1 atom stereocenters. The zero-order valence-corrected chi connectivity index (χ0v) is 18.8. The van der Waals surface area contributed by atoms with E-state index >= 15 is 0 Å². The molecule has 168 valence electrons. The Hall–Kier alpha value is -4.62. The maximum Gasteiger partial charge on any atom is 0.163 e. The Bertz CT molecular complexity index is 1540. The minimum atomic E-state index is -0.710. The molecule has 0 radical (unpaired) electrons. The Labute approximate surface area is 195 Å². The van der Waals surface area contributed by atoms with Crippen LogP contribution < -0.4 is 5.32 Å². The second kappa shape index (κ2) is 8.38. The normalized spacial score (nSPS) is 12.0. The van der Waals surface area contributed by atoms with Crippen LogP contribution in [0.2, 0.25) is 0 Å². The summed E-state index contributed by atoms with van der Waals surface area (Å²) in [6.07, 6.45) is 4.58. The molecule has 0 saturated heterocycles. The lowest BCUT2D eigenvalue weighted by atomic mass is 10.0. The van der Waals surface area contributed by atoms with E-state index in [0.29, 0.717) is 28.4 Å². The van der Waals surface area contributed by atoms with E-state index in [0.717, 1.165) is 28.2 Å². The first kappa shape index (κ1) is 21.2. The zero-order chi connectivity index (χ0) is 23.8. The number of benzene rings is 1. The number of anilines is 2. The van der Waals surface area contributed by atoms with Crippen molar-refractivity contribution in [2.75, 3.05) is 5.32 Å². The Morgan fingerprint density at radius 1 is 1.09 bits per heavy atom. The first-order chi connectivity index (χ1) is 16.4. The summed E-state index contributed by atoms with van der Waals surface area (Å²) in [4.78, 5) is 4.60. The predicted molar refractivity (Wildman–Crippen MR) is 126 cm³/mol. The van der Waals surface area contributed by atoms with Gasteiger partial charge < -0.3 is 10.4 Å². The molecule has 5 rings (SSSR count). The van der Waals surface area contributed by atoms with Gasteiger partial charge in [0.05, 0.1) is 41.8 Å². The monoisotopic (exact) mass is 451 g/mol. The highest BCUT2D eigenvalue weighted by Crippen LogP contribution is 2.31. The molecule has 0 bridgehead atoms. The third kappa shape index (κ3) is 3.85. The Balaban J connectivity index is 1.55. The fourth-order valence-corrected chi connectivity index (χ4v) is 3.78. The molecule has 4 aromatic heterocycles. The number of rotatable bonds is 5. The number of hydrogen-bond acceptors (Lipinski definition) is 8. The number of aryl methyl sites for hydroxylation is 2. The maximum absolute atomic E-state index is 10.3. The molecule has 0 spiro atoms. The van der Waals surface area contributed by atoms with Gasteiger partial charge in [-0.1, -0.05) is 12.1 Å². The maximum atomic E-state index is 10.3. The van der Waals surface area contributed by atoms with Crippen LogP contribution in [0.1, 0.15) is 35.7 Å². The number of nitrogens with zero attached hydrogens (tertiary/aromatic N) is 8. The SMILES string of the molecule is Cc1ccc(Nc2cnc3c(-c4ccc(C(C)O)c(-n5nc(C#N)cc5C)c4)cnn3c2)nn1. The van der Waals surface area contributed by atoms with Gasteiger partial charge in [-0.3, -0.25) is 0 Å². The summed E-state index contributed by atoms with van der Waals surface area (Å²) in [5, 5.41) is 39.8. The molecule has 5 aromatic rings. The van der Waals surface area contributed by atoms with E-state index in [1.54, 1.807) is 34.6 Å². The fourth-order valence-electron chi connectivity index (χ4n) is 3.78. The van der Waals surface area contributed by atoms with Gasteiger partial charge in [0, 0.05) is 16.8 Å². The van der Waals surface area contributed by atoms with Crippen molar-refractivity contribution in [1.82, 2.24) is 34.6 Å². The second-order valence-corrected chi connectivity index (χ2v) is 8.00. The molecule has 0 aliphatic rings. The van der Waals surface area contributed by atoms with E-state index in [1.165, 1.54) is 0 Å². The second-order valence-electron chi connectivity index (χ2n) is 8.00. The zero-order valence-electron chi connectivity index (χ0n) is 18.8. The van der Waals surface area contributed by atoms with Crippen molar-refractivity contribution in [2.45, 2.75) is 26.9 Å². The summed E-state index contributed by atoms with van der Waals surface area (Å²) < 4.78 is 3.36. The fraction of sp³-hybridized carbons (Fsp3) is 0.167. The molecule has 2 N–H and O–H groups in total. The van der Waals surface area contributed by atoms with Gasteiger partial charge in [-0.05, 0) is 50.6 Å². The van der Waals surface area contributed by atoms with Gasteiger partial charge in [0.25, 0.3) is 0 Å². The molecule has 1 aromatic carbocycles. The van der Waals surface area contributed by atoms with Gasteiger partial charge >= 0.3 is 0 Å². The summed E-state index contributed by atoms with van der Waals surface area (Å²) in [6, 6.07) is 13.2. The number of nitriles is 1. The molecule has 10 heteroatoms. The van der Waals surface area contributed by atoms with Crippen molar-refractivity contribution in [2.24, 2.45) is 0 Å². The summed E-state index contributed by atoms with van der Waals surface area (Å²) in [5.74, 6) is 0.615. The number of nitrogens with one attached hydrogen (secondary N) is 1. The molecule has 10 nitrogen and oxygen atoms in total. The molecule has 34 heavy (non-hydrogen) atoms. The predicted octanol–water partition coefficient (Wildman–Crippen LogP) is 3.66. The molecule has 0 aliphatic carbocycles. The van der Waals surface area contributed by atoms with Crippen molar-refractivity contribution >= 4 is 17.2 Å². The molecule has 1 unspecified atom stereocenters. The van der Waals surface area contributed by atoms with Gasteiger partial charge in [-0.2, -0.15) is 20.6 Å². The average Bonchev–Trinajstić information content (AvgIpc) is 3.43. The first-order valence-corrected chi connectivity index (χ1v) is 10.6. The largest absolute Gasteiger partial charge is 0.389 e. The van der Waals surface area contributed by atoms with Gasteiger partial charge in [-0.15, -0.1) is 5.10 Å². The van der Waals surface area contributed by atoms with Crippen LogP contribution in [0.3, 0.4) is 0 Å². The number of aromatic nitrogens is 7. The van der Waals surface area contributed by atoms with Gasteiger partial charge in [0.2, 0.25) is 0 Å². The Morgan fingerprint density at radius 3 is 2.65 bits per heavy atom. The summed E-state index contributed by atoms with van der Waals surface area (Å²) in [7, 11) is 0. The lowest BCUT2D eigenvalue weighted by molar-refractivity contribution is 0.199.